The van der Waals surface area contributed by atoms with Crippen molar-refractivity contribution in [1.29, 1.82) is 0 Å². The Labute approximate surface area is 73.7 Å². The second-order valence-electron chi connectivity index (χ2n) is 3.56. The van der Waals surface area contributed by atoms with Gasteiger partial charge in [0.15, 0.2) is 0 Å². The molecule has 0 spiro atoms. The van der Waals surface area contributed by atoms with Crippen molar-refractivity contribution >= 4 is 0 Å². The standard InChI is InChI=1S/C11H15N/c1-3-10-5-4-7-12-8-6-9(2)11(10)12/h3,6,8,10H,1,4-5,7H2,2H3. The lowest BCUT2D eigenvalue weighted by atomic mass is 9.94. The van der Waals surface area contributed by atoms with E-state index in [0.29, 0.717) is 5.92 Å². The summed E-state index contributed by atoms with van der Waals surface area (Å²) in [7, 11) is 0. The molecule has 1 unspecified atom stereocenters. The maximum atomic E-state index is 3.89. The molecule has 1 aromatic rings. The van der Waals surface area contributed by atoms with Crippen LogP contribution in [-0.4, -0.2) is 4.57 Å². The first-order chi connectivity index (χ1) is 5.83. The van der Waals surface area contributed by atoms with Gasteiger partial charge in [-0.2, -0.15) is 0 Å². The summed E-state index contributed by atoms with van der Waals surface area (Å²) in [6, 6.07) is 2.21. The fraction of sp³-hybridized carbons (Fsp3) is 0.455. The fourth-order valence-corrected chi connectivity index (χ4v) is 2.14. The van der Waals surface area contributed by atoms with E-state index < -0.39 is 0 Å². The van der Waals surface area contributed by atoms with Crippen molar-refractivity contribution in [3.8, 4) is 0 Å². The van der Waals surface area contributed by atoms with Crippen molar-refractivity contribution in [2.75, 3.05) is 0 Å². The van der Waals surface area contributed by atoms with Crippen LogP contribution in [0.1, 0.15) is 30.0 Å². The SMILES string of the molecule is C=CC1CCCn2ccc(C)c21. The van der Waals surface area contributed by atoms with Gasteiger partial charge in [0.2, 0.25) is 0 Å². The molecule has 0 N–H and O–H groups in total. The van der Waals surface area contributed by atoms with Crippen molar-refractivity contribution in [2.45, 2.75) is 32.2 Å². The quantitative estimate of drug-likeness (QED) is 0.558. The molecule has 1 atom stereocenters. The van der Waals surface area contributed by atoms with E-state index in [1.807, 2.05) is 0 Å². The van der Waals surface area contributed by atoms with Gasteiger partial charge in [0.25, 0.3) is 0 Å². The highest BCUT2D eigenvalue weighted by molar-refractivity contribution is 5.28. The summed E-state index contributed by atoms with van der Waals surface area (Å²) in [5, 5.41) is 0. The highest BCUT2D eigenvalue weighted by Crippen LogP contribution is 2.30. The van der Waals surface area contributed by atoms with Crippen LogP contribution in [0.3, 0.4) is 0 Å². The minimum absolute atomic E-state index is 0.591. The molecule has 1 nitrogen and oxygen atoms in total. The van der Waals surface area contributed by atoms with Crippen LogP contribution in [0.4, 0.5) is 0 Å². The molecule has 0 fully saturated rings. The molecule has 0 aromatic carbocycles. The Bertz CT molecular complexity index is 296. The maximum absolute atomic E-state index is 3.89. The number of aryl methyl sites for hydroxylation is 2. The lowest BCUT2D eigenvalue weighted by molar-refractivity contribution is 0.497. The zero-order valence-electron chi connectivity index (χ0n) is 7.59. The van der Waals surface area contributed by atoms with Gasteiger partial charge >= 0.3 is 0 Å². The molecule has 1 aliphatic rings. The molecule has 1 heteroatoms. The number of nitrogens with zero attached hydrogens (tertiary/aromatic N) is 1. The highest BCUT2D eigenvalue weighted by Gasteiger charge is 2.18. The van der Waals surface area contributed by atoms with Crippen LogP contribution >= 0.6 is 0 Å². The fourth-order valence-electron chi connectivity index (χ4n) is 2.14. The molecule has 1 aromatic heterocycles. The van der Waals surface area contributed by atoms with E-state index in [4.69, 9.17) is 0 Å². The summed E-state index contributed by atoms with van der Waals surface area (Å²) in [4.78, 5) is 0. The van der Waals surface area contributed by atoms with E-state index in [1.54, 1.807) is 0 Å². The third-order valence-corrected chi connectivity index (χ3v) is 2.77. The minimum atomic E-state index is 0.591. The Morgan fingerprint density at radius 2 is 2.50 bits per heavy atom. The van der Waals surface area contributed by atoms with Gasteiger partial charge in [-0.15, -0.1) is 6.58 Å². The predicted octanol–water partition coefficient (Wildman–Crippen LogP) is 2.86. The van der Waals surface area contributed by atoms with Gasteiger partial charge in [0, 0.05) is 24.4 Å². The second-order valence-corrected chi connectivity index (χ2v) is 3.56. The molecule has 0 saturated heterocycles. The molecule has 0 radical (unpaired) electrons. The van der Waals surface area contributed by atoms with Gasteiger partial charge in [0.05, 0.1) is 0 Å². The van der Waals surface area contributed by atoms with E-state index >= 15 is 0 Å². The number of allylic oxidation sites excluding steroid dienone is 1. The summed E-state index contributed by atoms with van der Waals surface area (Å²) in [6.07, 6.45) is 6.84. The molecule has 12 heavy (non-hydrogen) atoms. The average Bonchev–Trinajstić information content (AvgIpc) is 2.48. The summed E-state index contributed by atoms with van der Waals surface area (Å²) < 4.78 is 2.37. The Hall–Kier alpha value is -0.980. The molecule has 0 amide bonds. The van der Waals surface area contributed by atoms with Crippen LogP contribution in [0.2, 0.25) is 0 Å². The van der Waals surface area contributed by atoms with Crippen molar-refractivity contribution in [2.24, 2.45) is 0 Å². The van der Waals surface area contributed by atoms with Crippen LogP contribution in [0, 0.1) is 6.92 Å². The maximum Gasteiger partial charge on any atom is 0.0273 e. The number of hydrogen-bond donors (Lipinski definition) is 0. The van der Waals surface area contributed by atoms with Crippen LogP contribution in [0.5, 0.6) is 0 Å². The van der Waals surface area contributed by atoms with Crippen molar-refractivity contribution in [3.63, 3.8) is 0 Å². The van der Waals surface area contributed by atoms with E-state index in [2.05, 4.69) is 36.4 Å². The first-order valence-corrected chi connectivity index (χ1v) is 4.61. The Morgan fingerprint density at radius 3 is 3.25 bits per heavy atom. The summed E-state index contributed by atoms with van der Waals surface area (Å²) >= 11 is 0. The van der Waals surface area contributed by atoms with Crippen molar-refractivity contribution in [3.05, 3.63) is 36.2 Å². The molecule has 2 rings (SSSR count). The molecule has 0 aliphatic carbocycles. The zero-order chi connectivity index (χ0) is 8.55. The second kappa shape index (κ2) is 2.81. The predicted molar refractivity (Wildman–Crippen MR) is 51.3 cm³/mol. The first-order valence-electron chi connectivity index (χ1n) is 4.61. The normalized spacial score (nSPS) is 21.9. The molecular weight excluding hydrogens is 146 g/mol. The van der Waals surface area contributed by atoms with Crippen LogP contribution in [-0.2, 0) is 6.54 Å². The molecule has 64 valence electrons. The van der Waals surface area contributed by atoms with Crippen molar-refractivity contribution in [1.82, 2.24) is 4.57 Å². The summed E-state index contributed by atoms with van der Waals surface area (Å²) in [5.74, 6) is 0.591. The summed E-state index contributed by atoms with van der Waals surface area (Å²) in [6.45, 7) is 7.27. The minimum Gasteiger partial charge on any atom is -0.351 e. The Morgan fingerprint density at radius 1 is 1.67 bits per heavy atom. The first kappa shape index (κ1) is 7.66. The van der Waals surface area contributed by atoms with E-state index in [9.17, 15) is 0 Å². The van der Waals surface area contributed by atoms with Gasteiger partial charge in [-0.05, 0) is 31.4 Å². The monoisotopic (exact) mass is 161 g/mol. The van der Waals surface area contributed by atoms with E-state index in [1.165, 1.54) is 30.6 Å². The number of fused-ring (bicyclic) bond motifs is 1. The number of hydrogen-bond acceptors (Lipinski definition) is 0. The zero-order valence-corrected chi connectivity index (χ0v) is 7.59. The molecule has 0 saturated carbocycles. The van der Waals surface area contributed by atoms with Gasteiger partial charge in [-0.3, -0.25) is 0 Å². The van der Waals surface area contributed by atoms with Gasteiger partial charge in [0.1, 0.15) is 0 Å². The topological polar surface area (TPSA) is 4.93 Å². The molecule has 2 heterocycles. The van der Waals surface area contributed by atoms with E-state index in [-0.39, 0.29) is 0 Å². The largest absolute Gasteiger partial charge is 0.351 e. The average molecular weight is 161 g/mol. The number of rotatable bonds is 1. The third kappa shape index (κ3) is 1.01. The smallest absolute Gasteiger partial charge is 0.0273 e. The van der Waals surface area contributed by atoms with Gasteiger partial charge in [-0.1, -0.05) is 6.08 Å². The molecule has 1 aliphatic heterocycles. The number of aromatic nitrogens is 1. The van der Waals surface area contributed by atoms with Crippen LogP contribution in [0.15, 0.2) is 24.9 Å². The third-order valence-electron chi connectivity index (χ3n) is 2.77. The molecular formula is C11H15N. The Kier molecular flexibility index (Phi) is 1.80. The Balaban J connectivity index is 2.47. The van der Waals surface area contributed by atoms with Crippen LogP contribution in [0.25, 0.3) is 0 Å². The van der Waals surface area contributed by atoms with Crippen molar-refractivity contribution < 1.29 is 0 Å². The van der Waals surface area contributed by atoms with Crippen LogP contribution < -0.4 is 0 Å². The van der Waals surface area contributed by atoms with Gasteiger partial charge in [-0.25, -0.2) is 0 Å². The highest BCUT2D eigenvalue weighted by atomic mass is 15.0. The molecule has 0 bridgehead atoms. The van der Waals surface area contributed by atoms with E-state index in [0.717, 1.165) is 0 Å². The summed E-state index contributed by atoms with van der Waals surface area (Å²) in [5.41, 5.74) is 2.90. The lowest BCUT2D eigenvalue weighted by Crippen LogP contribution is -2.13. The lowest BCUT2D eigenvalue weighted by Gasteiger charge is -2.23. The van der Waals surface area contributed by atoms with Gasteiger partial charge < -0.3 is 4.57 Å².